The van der Waals surface area contributed by atoms with Gasteiger partial charge in [-0.25, -0.2) is 4.79 Å². The fourth-order valence-corrected chi connectivity index (χ4v) is 3.66. The molecule has 0 spiro atoms. The first-order valence-electron chi connectivity index (χ1n) is 11.4. The lowest BCUT2D eigenvalue weighted by Gasteiger charge is -2.27. The highest BCUT2D eigenvalue weighted by molar-refractivity contribution is 5.94. The van der Waals surface area contributed by atoms with Gasteiger partial charge in [0.15, 0.2) is 0 Å². The van der Waals surface area contributed by atoms with Gasteiger partial charge in [-0.3, -0.25) is 14.4 Å². The normalized spacial score (nSPS) is 18.9. The number of aliphatic carboxylic acids is 1. The summed E-state index contributed by atoms with van der Waals surface area (Å²) in [5, 5.41) is 39.1. The number of nitrogens with one attached hydrogen (secondary N) is 4. The molecule has 0 radical (unpaired) electrons. The summed E-state index contributed by atoms with van der Waals surface area (Å²) in [5.41, 5.74) is 0.565. The van der Waals surface area contributed by atoms with Crippen molar-refractivity contribution in [1.82, 2.24) is 21.3 Å². The number of carbonyl (C=O) groups is 4. The topological polar surface area (TPSA) is 177 Å². The van der Waals surface area contributed by atoms with Crippen LogP contribution in [0.15, 0.2) is 24.3 Å². The average molecular weight is 479 g/mol. The van der Waals surface area contributed by atoms with Crippen LogP contribution in [0.4, 0.5) is 0 Å². The molecule has 1 fully saturated rings. The number of carboxylic acid groups (broad SMARTS) is 1. The van der Waals surface area contributed by atoms with Crippen LogP contribution in [0.2, 0.25) is 0 Å². The standard InChI is InChI=1S/C23H34N4O7/c1-3-13(2)19(27-20(30)16-5-4-10-24-16)22(32)26-18(12-28)21(31)25-17(23(33)34)11-14-6-8-15(29)9-7-14/h6-9,13,16-19,24,28-29H,3-5,10-12H2,1-2H3,(H,25,31)(H,26,32)(H,27,30)(H,33,34). The quantitative estimate of drug-likeness (QED) is 0.205. The fraction of sp³-hybridized carbons (Fsp3) is 0.565. The number of benzene rings is 1. The fourth-order valence-electron chi connectivity index (χ4n) is 3.66. The molecule has 5 unspecified atom stereocenters. The van der Waals surface area contributed by atoms with E-state index in [4.69, 9.17) is 0 Å². The molecule has 34 heavy (non-hydrogen) atoms. The highest BCUT2D eigenvalue weighted by Crippen LogP contribution is 2.13. The van der Waals surface area contributed by atoms with Crippen LogP contribution in [0.1, 0.15) is 38.7 Å². The Morgan fingerprint density at radius 2 is 1.71 bits per heavy atom. The summed E-state index contributed by atoms with van der Waals surface area (Å²) in [6.45, 7) is 3.62. The minimum Gasteiger partial charge on any atom is -0.508 e. The van der Waals surface area contributed by atoms with Gasteiger partial charge in [-0.15, -0.1) is 0 Å². The molecule has 11 heteroatoms. The second-order valence-corrected chi connectivity index (χ2v) is 8.53. The van der Waals surface area contributed by atoms with E-state index in [2.05, 4.69) is 21.3 Å². The molecule has 1 aromatic carbocycles. The summed E-state index contributed by atoms with van der Waals surface area (Å²) in [5.74, 6) is -3.32. The zero-order chi connectivity index (χ0) is 25.3. The molecule has 11 nitrogen and oxygen atoms in total. The Bertz CT molecular complexity index is 855. The number of carboxylic acids is 1. The number of aliphatic hydroxyl groups is 1. The van der Waals surface area contributed by atoms with E-state index in [9.17, 15) is 34.5 Å². The second-order valence-electron chi connectivity index (χ2n) is 8.53. The van der Waals surface area contributed by atoms with Crippen molar-refractivity contribution in [2.24, 2.45) is 5.92 Å². The maximum Gasteiger partial charge on any atom is 0.326 e. The van der Waals surface area contributed by atoms with Gasteiger partial charge < -0.3 is 36.6 Å². The number of rotatable bonds is 12. The SMILES string of the molecule is CCC(C)C(NC(=O)C1CCCN1)C(=O)NC(CO)C(=O)NC(Cc1ccc(O)cc1)C(=O)O. The van der Waals surface area contributed by atoms with Crippen LogP contribution in [0.3, 0.4) is 0 Å². The number of amides is 3. The summed E-state index contributed by atoms with van der Waals surface area (Å²) in [4.78, 5) is 49.8. The van der Waals surface area contributed by atoms with E-state index in [0.717, 1.165) is 13.0 Å². The first-order chi connectivity index (χ1) is 16.2. The Labute approximate surface area is 198 Å². The van der Waals surface area contributed by atoms with Gasteiger partial charge in [0.2, 0.25) is 17.7 Å². The predicted molar refractivity (Wildman–Crippen MR) is 123 cm³/mol. The van der Waals surface area contributed by atoms with Gasteiger partial charge in [-0.1, -0.05) is 32.4 Å². The number of aromatic hydroxyl groups is 1. The van der Waals surface area contributed by atoms with Crippen molar-refractivity contribution in [3.63, 3.8) is 0 Å². The van der Waals surface area contributed by atoms with E-state index in [-0.39, 0.29) is 30.0 Å². The van der Waals surface area contributed by atoms with Crippen LogP contribution in [-0.2, 0) is 25.6 Å². The molecule has 1 aromatic rings. The lowest BCUT2D eigenvalue weighted by Crippen LogP contribution is -2.59. The molecule has 1 saturated heterocycles. The Kier molecular flexibility index (Phi) is 10.3. The minimum atomic E-state index is -1.40. The zero-order valence-corrected chi connectivity index (χ0v) is 19.4. The van der Waals surface area contributed by atoms with Crippen LogP contribution in [-0.4, -0.2) is 76.3 Å². The van der Waals surface area contributed by atoms with Gasteiger partial charge in [0, 0.05) is 6.42 Å². The Hall–Kier alpha value is -3.18. The van der Waals surface area contributed by atoms with Crippen LogP contribution in [0.25, 0.3) is 0 Å². The molecule has 2 rings (SSSR count). The smallest absolute Gasteiger partial charge is 0.326 e. The Balaban J connectivity index is 2.04. The van der Waals surface area contributed by atoms with Crippen LogP contribution in [0, 0.1) is 5.92 Å². The molecular weight excluding hydrogens is 444 g/mol. The monoisotopic (exact) mass is 478 g/mol. The third-order valence-corrected chi connectivity index (χ3v) is 5.98. The molecular formula is C23H34N4O7. The van der Waals surface area contributed by atoms with Crippen molar-refractivity contribution < 1.29 is 34.5 Å². The van der Waals surface area contributed by atoms with Gasteiger partial charge in [0.05, 0.1) is 12.6 Å². The van der Waals surface area contributed by atoms with E-state index in [0.29, 0.717) is 18.4 Å². The number of carbonyl (C=O) groups excluding carboxylic acids is 3. The lowest BCUT2D eigenvalue weighted by atomic mass is 9.97. The van der Waals surface area contributed by atoms with Gasteiger partial charge in [0.25, 0.3) is 0 Å². The van der Waals surface area contributed by atoms with Gasteiger partial charge in [0.1, 0.15) is 23.9 Å². The van der Waals surface area contributed by atoms with Crippen molar-refractivity contribution >= 4 is 23.7 Å². The molecule has 7 N–H and O–H groups in total. The molecule has 5 atom stereocenters. The molecule has 0 saturated carbocycles. The largest absolute Gasteiger partial charge is 0.508 e. The third-order valence-electron chi connectivity index (χ3n) is 5.98. The molecule has 0 bridgehead atoms. The second kappa shape index (κ2) is 12.9. The van der Waals surface area contributed by atoms with Gasteiger partial charge in [-0.05, 0) is 43.0 Å². The maximum atomic E-state index is 12.9. The van der Waals surface area contributed by atoms with E-state index in [1.165, 1.54) is 24.3 Å². The van der Waals surface area contributed by atoms with Gasteiger partial charge >= 0.3 is 5.97 Å². The molecule has 0 aliphatic carbocycles. The zero-order valence-electron chi connectivity index (χ0n) is 19.4. The van der Waals surface area contributed by atoms with Crippen molar-refractivity contribution in [3.05, 3.63) is 29.8 Å². The summed E-state index contributed by atoms with van der Waals surface area (Å²) in [7, 11) is 0. The molecule has 1 aliphatic heterocycles. The van der Waals surface area contributed by atoms with Crippen molar-refractivity contribution in [3.8, 4) is 5.75 Å². The lowest BCUT2D eigenvalue weighted by molar-refractivity contribution is -0.142. The van der Waals surface area contributed by atoms with Crippen molar-refractivity contribution in [2.45, 2.75) is 63.7 Å². The molecule has 1 heterocycles. The molecule has 3 amide bonds. The number of hydrogen-bond donors (Lipinski definition) is 7. The average Bonchev–Trinajstić information content (AvgIpc) is 3.36. The number of phenols is 1. The third kappa shape index (κ3) is 7.70. The first-order valence-corrected chi connectivity index (χ1v) is 11.4. The van der Waals surface area contributed by atoms with Crippen LogP contribution < -0.4 is 21.3 Å². The van der Waals surface area contributed by atoms with E-state index in [1.807, 2.05) is 6.92 Å². The van der Waals surface area contributed by atoms with E-state index < -0.39 is 42.5 Å². The van der Waals surface area contributed by atoms with Crippen LogP contribution in [0.5, 0.6) is 5.75 Å². The van der Waals surface area contributed by atoms with E-state index in [1.54, 1.807) is 6.92 Å². The maximum absolute atomic E-state index is 12.9. The van der Waals surface area contributed by atoms with Crippen LogP contribution >= 0.6 is 0 Å². The summed E-state index contributed by atoms with van der Waals surface area (Å²) < 4.78 is 0. The van der Waals surface area contributed by atoms with Crippen molar-refractivity contribution in [2.75, 3.05) is 13.2 Å². The highest BCUT2D eigenvalue weighted by atomic mass is 16.4. The van der Waals surface area contributed by atoms with E-state index >= 15 is 0 Å². The summed E-state index contributed by atoms with van der Waals surface area (Å²) in [6.07, 6.45) is 2.05. The Morgan fingerprint density at radius 1 is 1.06 bits per heavy atom. The molecule has 0 aromatic heterocycles. The molecule has 188 valence electrons. The van der Waals surface area contributed by atoms with Crippen molar-refractivity contribution in [1.29, 1.82) is 0 Å². The summed E-state index contributed by atoms with van der Waals surface area (Å²) in [6, 6.07) is 1.84. The number of hydrogen-bond acceptors (Lipinski definition) is 7. The first kappa shape index (κ1) is 27.1. The Morgan fingerprint density at radius 3 is 2.24 bits per heavy atom. The summed E-state index contributed by atoms with van der Waals surface area (Å²) >= 11 is 0. The molecule has 1 aliphatic rings. The predicted octanol–water partition coefficient (Wildman–Crippen LogP) is -0.736. The number of phenolic OH excluding ortho intramolecular Hbond substituents is 1. The minimum absolute atomic E-state index is 0.0226. The van der Waals surface area contributed by atoms with Gasteiger partial charge in [-0.2, -0.15) is 0 Å². The highest BCUT2D eigenvalue weighted by Gasteiger charge is 2.33. The number of aliphatic hydroxyl groups excluding tert-OH is 1.